The van der Waals surface area contributed by atoms with E-state index < -0.39 is 0 Å². The van der Waals surface area contributed by atoms with Gasteiger partial charge in [0, 0.05) is 25.3 Å². The first-order valence-electron chi connectivity index (χ1n) is 5.56. The van der Waals surface area contributed by atoms with Gasteiger partial charge < -0.3 is 15.6 Å². The molecule has 0 saturated heterocycles. The van der Waals surface area contributed by atoms with E-state index >= 15 is 0 Å². The molecule has 0 aliphatic carbocycles. The normalized spacial score (nSPS) is 11.5. The molecule has 3 N–H and O–H groups in total. The Morgan fingerprint density at radius 2 is 2.19 bits per heavy atom. The van der Waals surface area contributed by atoms with Crippen molar-refractivity contribution in [3.63, 3.8) is 0 Å². The summed E-state index contributed by atoms with van der Waals surface area (Å²) in [6.45, 7) is 4.53. The van der Waals surface area contributed by atoms with Gasteiger partial charge in [-0.1, -0.05) is 13.8 Å². The number of imidazole rings is 1. The molecule has 0 radical (unpaired) electrons. The zero-order chi connectivity index (χ0) is 12.2. The van der Waals surface area contributed by atoms with E-state index in [-0.39, 0.29) is 11.4 Å². The van der Waals surface area contributed by atoms with Crippen LogP contribution in [0.3, 0.4) is 0 Å². The van der Waals surface area contributed by atoms with Gasteiger partial charge in [-0.05, 0) is 12.8 Å². The highest BCUT2D eigenvalue weighted by Gasteiger charge is 2.21. The summed E-state index contributed by atoms with van der Waals surface area (Å²) < 4.78 is 1.74. The average molecular weight is 224 g/mol. The first kappa shape index (κ1) is 12.7. The molecule has 5 heteroatoms. The molecule has 0 fully saturated rings. The highest BCUT2D eigenvalue weighted by Crippen LogP contribution is 2.09. The number of nitrogens with two attached hydrogens (primary N) is 1. The van der Waals surface area contributed by atoms with Gasteiger partial charge in [0.05, 0.1) is 6.33 Å². The van der Waals surface area contributed by atoms with Gasteiger partial charge in [-0.3, -0.25) is 4.79 Å². The molecule has 1 aromatic rings. The van der Waals surface area contributed by atoms with Gasteiger partial charge in [-0.2, -0.15) is 0 Å². The van der Waals surface area contributed by atoms with Crippen LogP contribution in [0.25, 0.3) is 0 Å². The average Bonchev–Trinajstić information content (AvgIpc) is 2.72. The minimum absolute atomic E-state index is 0.169. The van der Waals surface area contributed by atoms with Crippen molar-refractivity contribution >= 4 is 5.91 Å². The van der Waals surface area contributed by atoms with Gasteiger partial charge in [0.2, 0.25) is 0 Å². The molecule has 0 spiro atoms. The van der Waals surface area contributed by atoms with Crippen molar-refractivity contribution in [1.82, 2.24) is 14.9 Å². The fourth-order valence-electron chi connectivity index (χ4n) is 1.38. The zero-order valence-corrected chi connectivity index (χ0v) is 10.2. The Balaban J connectivity index is 2.53. The van der Waals surface area contributed by atoms with Gasteiger partial charge in [0.25, 0.3) is 5.91 Å². The van der Waals surface area contributed by atoms with Crippen LogP contribution in [0.1, 0.15) is 37.2 Å². The third kappa shape index (κ3) is 3.06. The van der Waals surface area contributed by atoms with Crippen LogP contribution in [0.15, 0.2) is 12.5 Å². The van der Waals surface area contributed by atoms with Crippen LogP contribution in [-0.4, -0.2) is 27.5 Å². The quantitative estimate of drug-likeness (QED) is 0.772. The Morgan fingerprint density at radius 3 is 2.62 bits per heavy atom. The molecule has 1 heterocycles. The van der Waals surface area contributed by atoms with Crippen LogP contribution in [0, 0.1) is 0 Å². The number of carbonyl (C=O) groups is 1. The van der Waals surface area contributed by atoms with Gasteiger partial charge in [-0.25, -0.2) is 4.98 Å². The number of amides is 1. The summed E-state index contributed by atoms with van der Waals surface area (Å²) >= 11 is 0. The van der Waals surface area contributed by atoms with Crippen molar-refractivity contribution in [2.24, 2.45) is 12.8 Å². The van der Waals surface area contributed by atoms with E-state index in [1.807, 2.05) is 20.9 Å². The summed E-state index contributed by atoms with van der Waals surface area (Å²) in [6, 6.07) is 0. The predicted molar refractivity (Wildman–Crippen MR) is 63.0 cm³/mol. The second-order valence-corrected chi connectivity index (χ2v) is 4.18. The first-order valence-corrected chi connectivity index (χ1v) is 5.56. The maximum absolute atomic E-state index is 11.7. The number of aryl methyl sites for hydroxylation is 1. The number of hydrogen-bond donors (Lipinski definition) is 2. The molecule has 0 aliphatic heterocycles. The summed E-state index contributed by atoms with van der Waals surface area (Å²) in [5.74, 6) is -0.169. The second-order valence-electron chi connectivity index (χ2n) is 4.18. The highest BCUT2D eigenvalue weighted by atomic mass is 16.1. The molecule has 0 saturated carbocycles. The lowest BCUT2D eigenvalue weighted by Crippen LogP contribution is -2.49. The SMILES string of the molecule is CCC(N)(CC)CNC(=O)c1cn(C)cn1. The van der Waals surface area contributed by atoms with Crippen LogP contribution in [0.4, 0.5) is 0 Å². The zero-order valence-electron chi connectivity index (χ0n) is 10.2. The van der Waals surface area contributed by atoms with Crippen LogP contribution in [0.5, 0.6) is 0 Å². The van der Waals surface area contributed by atoms with E-state index in [4.69, 9.17) is 5.73 Å². The van der Waals surface area contributed by atoms with E-state index in [0.29, 0.717) is 12.2 Å². The van der Waals surface area contributed by atoms with Gasteiger partial charge in [0.1, 0.15) is 5.69 Å². The Hall–Kier alpha value is -1.36. The fraction of sp³-hybridized carbons (Fsp3) is 0.636. The van der Waals surface area contributed by atoms with E-state index in [1.54, 1.807) is 17.1 Å². The van der Waals surface area contributed by atoms with Crippen molar-refractivity contribution in [2.75, 3.05) is 6.54 Å². The molecule has 16 heavy (non-hydrogen) atoms. The smallest absolute Gasteiger partial charge is 0.271 e. The maximum atomic E-state index is 11.7. The van der Waals surface area contributed by atoms with E-state index in [9.17, 15) is 4.79 Å². The molecule has 90 valence electrons. The highest BCUT2D eigenvalue weighted by molar-refractivity contribution is 5.92. The molecular weight excluding hydrogens is 204 g/mol. The minimum Gasteiger partial charge on any atom is -0.349 e. The Bertz CT molecular complexity index is 355. The summed E-state index contributed by atoms with van der Waals surface area (Å²) in [7, 11) is 1.83. The van der Waals surface area contributed by atoms with Crippen molar-refractivity contribution in [2.45, 2.75) is 32.2 Å². The predicted octanol–water partition coefficient (Wildman–Crippen LogP) is 0.667. The van der Waals surface area contributed by atoms with Crippen LogP contribution in [0.2, 0.25) is 0 Å². The summed E-state index contributed by atoms with van der Waals surface area (Å²) in [6.07, 6.45) is 4.97. The van der Waals surface area contributed by atoms with Crippen molar-refractivity contribution in [1.29, 1.82) is 0 Å². The Morgan fingerprint density at radius 1 is 1.56 bits per heavy atom. The number of nitrogens with one attached hydrogen (secondary N) is 1. The van der Waals surface area contributed by atoms with Crippen LogP contribution in [-0.2, 0) is 7.05 Å². The third-order valence-corrected chi connectivity index (χ3v) is 2.95. The number of aromatic nitrogens is 2. The number of nitrogens with zero attached hydrogens (tertiary/aromatic N) is 2. The number of carbonyl (C=O) groups excluding carboxylic acids is 1. The Kier molecular flexibility index (Phi) is 4.06. The van der Waals surface area contributed by atoms with E-state index in [0.717, 1.165) is 12.8 Å². The molecule has 5 nitrogen and oxygen atoms in total. The molecular formula is C11H20N4O. The monoisotopic (exact) mass is 224 g/mol. The van der Waals surface area contributed by atoms with Gasteiger partial charge in [-0.15, -0.1) is 0 Å². The molecule has 0 aromatic carbocycles. The third-order valence-electron chi connectivity index (χ3n) is 2.95. The van der Waals surface area contributed by atoms with Crippen LogP contribution >= 0.6 is 0 Å². The summed E-state index contributed by atoms with van der Waals surface area (Å²) in [5, 5.41) is 2.81. The summed E-state index contributed by atoms with van der Waals surface area (Å²) in [4.78, 5) is 15.7. The summed E-state index contributed by atoms with van der Waals surface area (Å²) in [5.41, 5.74) is 6.20. The molecule has 0 aliphatic rings. The molecule has 1 amide bonds. The molecule has 0 unspecified atom stereocenters. The fourth-order valence-corrected chi connectivity index (χ4v) is 1.38. The van der Waals surface area contributed by atoms with E-state index in [1.165, 1.54) is 0 Å². The number of hydrogen-bond acceptors (Lipinski definition) is 3. The van der Waals surface area contributed by atoms with Crippen molar-refractivity contribution in [3.05, 3.63) is 18.2 Å². The second kappa shape index (κ2) is 5.12. The van der Waals surface area contributed by atoms with Crippen molar-refractivity contribution in [3.8, 4) is 0 Å². The van der Waals surface area contributed by atoms with E-state index in [2.05, 4.69) is 10.3 Å². The largest absolute Gasteiger partial charge is 0.349 e. The molecule has 0 atom stereocenters. The molecule has 1 aromatic heterocycles. The Labute approximate surface area is 96.0 Å². The number of rotatable bonds is 5. The first-order chi connectivity index (χ1) is 7.50. The minimum atomic E-state index is -0.315. The molecule has 1 rings (SSSR count). The standard InChI is InChI=1S/C11H20N4O/c1-4-11(12,5-2)7-13-10(16)9-6-15(3)8-14-9/h6,8H,4-5,7,12H2,1-3H3,(H,13,16). The topological polar surface area (TPSA) is 72.9 Å². The lowest BCUT2D eigenvalue weighted by Gasteiger charge is -2.26. The van der Waals surface area contributed by atoms with Crippen molar-refractivity contribution < 1.29 is 4.79 Å². The van der Waals surface area contributed by atoms with Crippen LogP contribution < -0.4 is 11.1 Å². The lowest BCUT2D eigenvalue weighted by atomic mass is 9.94. The maximum Gasteiger partial charge on any atom is 0.271 e. The van der Waals surface area contributed by atoms with Gasteiger partial charge in [0.15, 0.2) is 0 Å². The van der Waals surface area contributed by atoms with Gasteiger partial charge >= 0.3 is 0 Å². The molecule has 0 bridgehead atoms. The lowest BCUT2D eigenvalue weighted by molar-refractivity contribution is 0.0937.